The summed E-state index contributed by atoms with van der Waals surface area (Å²) >= 11 is 5.75. The summed E-state index contributed by atoms with van der Waals surface area (Å²) in [6, 6.07) is 8.58. The van der Waals surface area contributed by atoms with E-state index in [9.17, 15) is 22.4 Å². The van der Waals surface area contributed by atoms with E-state index in [4.69, 9.17) is 11.6 Å². The SMILES string of the molecule is C[NH+](CC(=O)Nc1cc(Cl)ccc1F)Cc1ccc(C(F)(F)F)cc1. The maximum absolute atomic E-state index is 13.6. The summed E-state index contributed by atoms with van der Waals surface area (Å²) in [6.07, 6.45) is -4.38. The van der Waals surface area contributed by atoms with E-state index in [0.29, 0.717) is 17.1 Å². The van der Waals surface area contributed by atoms with Gasteiger partial charge >= 0.3 is 6.18 Å². The maximum atomic E-state index is 13.6. The van der Waals surface area contributed by atoms with Gasteiger partial charge in [-0.15, -0.1) is 0 Å². The van der Waals surface area contributed by atoms with Crippen molar-refractivity contribution in [2.24, 2.45) is 0 Å². The van der Waals surface area contributed by atoms with Crippen molar-refractivity contribution in [2.45, 2.75) is 12.7 Å². The molecule has 8 heteroatoms. The molecule has 134 valence electrons. The van der Waals surface area contributed by atoms with Crippen LogP contribution in [0.15, 0.2) is 42.5 Å². The van der Waals surface area contributed by atoms with Gasteiger partial charge in [-0.1, -0.05) is 23.7 Å². The molecule has 0 heterocycles. The second-order valence-corrected chi connectivity index (χ2v) is 6.11. The van der Waals surface area contributed by atoms with Gasteiger partial charge in [0.05, 0.1) is 18.3 Å². The van der Waals surface area contributed by atoms with Gasteiger partial charge in [0.15, 0.2) is 6.54 Å². The number of carbonyl (C=O) groups is 1. The second-order valence-electron chi connectivity index (χ2n) is 5.68. The Kier molecular flexibility index (Phi) is 6.02. The predicted octanol–water partition coefficient (Wildman–Crippen LogP) is 3.15. The topological polar surface area (TPSA) is 33.5 Å². The van der Waals surface area contributed by atoms with E-state index in [1.54, 1.807) is 7.05 Å². The number of nitrogens with one attached hydrogen (secondary N) is 2. The highest BCUT2D eigenvalue weighted by atomic mass is 35.5. The van der Waals surface area contributed by atoms with E-state index in [2.05, 4.69) is 5.32 Å². The number of likely N-dealkylation sites (N-methyl/N-ethyl adjacent to an activating group) is 1. The molecule has 2 rings (SSSR count). The first-order valence-electron chi connectivity index (χ1n) is 7.37. The number of carbonyl (C=O) groups excluding carboxylic acids is 1. The van der Waals surface area contributed by atoms with E-state index < -0.39 is 23.5 Å². The summed E-state index contributed by atoms with van der Waals surface area (Å²) in [5, 5.41) is 2.72. The summed E-state index contributed by atoms with van der Waals surface area (Å²) in [7, 11) is 1.71. The number of hydrogen-bond donors (Lipinski definition) is 2. The van der Waals surface area contributed by atoms with Gasteiger partial charge in [-0.3, -0.25) is 4.79 Å². The lowest BCUT2D eigenvalue weighted by atomic mass is 10.1. The molecule has 2 aromatic carbocycles. The van der Waals surface area contributed by atoms with Crippen LogP contribution in [-0.2, 0) is 17.5 Å². The third-order valence-corrected chi connectivity index (χ3v) is 3.69. The minimum absolute atomic E-state index is 0.0140. The first kappa shape index (κ1) is 19.2. The normalized spacial score (nSPS) is 12.7. The van der Waals surface area contributed by atoms with Crippen LogP contribution in [0.5, 0.6) is 0 Å². The molecule has 1 amide bonds. The number of benzene rings is 2. The predicted molar refractivity (Wildman–Crippen MR) is 86.9 cm³/mol. The summed E-state index contributed by atoms with van der Waals surface area (Å²) in [6.45, 7) is 0.372. The minimum atomic E-state index is -4.38. The number of alkyl halides is 3. The molecule has 25 heavy (non-hydrogen) atoms. The zero-order chi connectivity index (χ0) is 18.6. The Morgan fingerprint density at radius 1 is 1.16 bits per heavy atom. The Hall–Kier alpha value is -2.12. The van der Waals surface area contributed by atoms with Crippen molar-refractivity contribution in [3.05, 3.63) is 64.4 Å². The lowest BCUT2D eigenvalue weighted by molar-refractivity contribution is -0.885. The van der Waals surface area contributed by atoms with Gasteiger partial charge in [-0.05, 0) is 30.3 Å². The smallest absolute Gasteiger partial charge is 0.326 e. The quantitative estimate of drug-likeness (QED) is 0.773. The van der Waals surface area contributed by atoms with E-state index in [0.717, 1.165) is 23.1 Å². The lowest BCUT2D eigenvalue weighted by Crippen LogP contribution is -3.08. The zero-order valence-electron chi connectivity index (χ0n) is 13.3. The largest absolute Gasteiger partial charge is 0.416 e. The van der Waals surface area contributed by atoms with Crippen molar-refractivity contribution in [3.63, 3.8) is 0 Å². The Bertz CT molecular complexity index is 747. The molecule has 0 aliphatic heterocycles. The van der Waals surface area contributed by atoms with E-state index >= 15 is 0 Å². The van der Waals surface area contributed by atoms with Gasteiger partial charge < -0.3 is 10.2 Å². The molecule has 2 N–H and O–H groups in total. The summed E-state index contributed by atoms with van der Waals surface area (Å²) in [4.78, 5) is 12.7. The highest BCUT2D eigenvalue weighted by Crippen LogP contribution is 2.28. The fourth-order valence-electron chi connectivity index (χ4n) is 2.28. The first-order chi connectivity index (χ1) is 11.6. The summed E-state index contributed by atoms with van der Waals surface area (Å²) in [5.41, 5.74) is -0.0739. The number of hydrogen-bond acceptors (Lipinski definition) is 1. The number of anilines is 1. The summed E-state index contributed by atoms with van der Waals surface area (Å²) in [5.74, 6) is -1.02. The van der Waals surface area contributed by atoms with Crippen LogP contribution in [0, 0.1) is 5.82 Å². The molecular weight excluding hydrogens is 360 g/mol. The molecule has 1 unspecified atom stereocenters. The van der Waals surface area contributed by atoms with Gasteiger partial charge in [-0.25, -0.2) is 4.39 Å². The maximum Gasteiger partial charge on any atom is 0.416 e. The second kappa shape index (κ2) is 7.84. The fourth-order valence-corrected chi connectivity index (χ4v) is 2.46. The molecule has 0 aliphatic carbocycles. The van der Waals surface area contributed by atoms with E-state index in [1.807, 2.05) is 0 Å². The molecule has 0 aromatic heterocycles. The van der Waals surface area contributed by atoms with Crippen molar-refractivity contribution in [3.8, 4) is 0 Å². The van der Waals surface area contributed by atoms with Crippen molar-refractivity contribution >= 4 is 23.2 Å². The molecule has 0 saturated heterocycles. The fraction of sp³-hybridized carbons (Fsp3) is 0.235. The van der Waals surface area contributed by atoms with Crippen LogP contribution in [-0.4, -0.2) is 19.5 Å². The van der Waals surface area contributed by atoms with Gasteiger partial charge in [-0.2, -0.15) is 13.2 Å². The van der Waals surface area contributed by atoms with Gasteiger partial charge in [0.2, 0.25) is 0 Å². The number of rotatable bonds is 5. The van der Waals surface area contributed by atoms with Crippen LogP contribution in [0.3, 0.4) is 0 Å². The number of amides is 1. The molecule has 0 fully saturated rings. The monoisotopic (exact) mass is 375 g/mol. The van der Waals surface area contributed by atoms with Crippen LogP contribution < -0.4 is 10.2 Å². The van der Waals surface area contributed by atoms with E-state index in [1.165, 1.54) is 24.3 Å². The Labute approximate surface area is 147 Å². The third-order valence-electron chi connectivity index (χ3n) is 3.45. The van der Waals surface area contributed by atoms with Crippen molar-refractivity contribution in [1.82, 2.24) is 0 Å². The van der Waals surface area contributed by atoms with Gasteiger partial charge in [0, 0.05) is 10.6 Å². The molecule has 0 spiro atoms. The minimum Gasteiger partial charge on any atom is -0.326 e. The van der Waals surface area contributed by atoms with Crippen LogP contribution >= 0.6 is 11.6 Å². The molecule has 0 saturated carbocycles. The molecular formula is C17H16ClF4N2O+. The van der Waals surface area contributed by atoms with Crippen LogP contribution in [0.25, 0.3) is 0 Å². The molecule has 3 nitrogen and oxygen atoms in total. The highest BCUT2D eigenvalue weighted by Gasteiger charge is 2.30. The highest BCUT2D eigenvalue weighted by molar-refractivity contribution is 6.30. The van der Waals surface area contributed by atoms with Crippen molar-refractivity contribution < 1.29 is 27.3 Å². The summed E-state index contributed by atoms with van der Waals surface area (Å²) < 4.78 is 51.1. The molecule has 1 atom stereocenters. The van der Waals surface area contributed by atoms with Gasteiger partial charge in [0.25, 0.3) is 5.91 Å². The number of halogens is 5. The Balaban J connectivity index is 1.92. The Morgan fingerprint density at radius 3 is 2.40 bits per heavy atom. The first-order valence-corrected chi connectivity index (χ1v) is 7.75. The Morgan fingerprint density at radius 2 is 1.80 bits per heavy atom. The van der Waals surface area contributed by atoms with Crippen LogP contribution in [0.2, 0.25) is 5.02 Å². The van der Waals surface area contributed by atoms with Crippen molar-refractivity contribution in [2.75, 3.05) is 18.9 Å². The van der Waals surface area contributed by atoms with Gasteiger partial charge in [0.1, 0.15) is 12.4 Å². The van der Waals surface area contributed by atoms with E-state index in [-0.39, 0.29) is 12.2 Å². The average molecular weight is 376 g/mol. The molecule has 0 bridgehead atoms. The van der Waals surface area contributed by atoms with Crippen LogP contribution in [0.1, 0.15) is 11.1 Å². The standard InChI is InChI=1S/C17H15ClF4N2O/c1-24(9-11-2-4-12(5-3-11)17(20,21)22)10-16(25)23-15-8-13(18)6-7-14(15)19/h2-8H,9-10H2,1H3,(H,23,25)/p+1. The molecule has 0 aliphatic rings. The molecule has 2 aromatic rings. The lowest BCUT2D eigenvalue weighted by Gasteiger charge is -2.15. The van der Waals surface area contributed by atoms with Crippen LogP contribution in [0.4, 0.5) is 23.2 Å². The number of quaternary nitrogens is 1. The van der Waals surface area contributed by atoms with Crippen molar-refractivity contribution in [1.29, 1.82) is 0 Å². The molecule has 0 radical (unpaired) electrons. The average Bonchev–Trinajstić information content (AvgIpc) is 2.50. The zero-order valence-corrected chi connectivity index (χ0v) is 14.0. The third kappa shape index (κ3) is 5.72.